The largest absolute Gasteiger partial charge is 0.323 e. The summed E-state index contributed by atoms with van der Waals surface area (Å²) in [4.78, 5) is 14.8. The maximum absolute atomic E-state index is 10.9. The SMILES string of the molecule is CC(N)c1csc(-c2ccccc2[N+](=O)[O-])n1. The molecule has 2 aromatic rings. The highest BCUT2D eigenvalue weighted by Crippen LogP contribution is 2.32. The number of rotatable bonds is 3. The van der Waals surface area contributed by atoms with Crippen molar-refractivity contribution >= 4 is 17.0 Å². The molecule has 6 heteroatoms. The lowest BCUT2D eigenvalue weighted by Gasteiger charge is -1.99. The van der Waals surface area contributed by atoms with E-state index in [9.17, 15) is 10.1 Å². The first-order chi connectivity index (χ1) is 8.09. The predicted molar refractivity (Wildman–Crippen MR) is 66.8 cm³/mol. The van der Waals surface area contributed by atoms with E-state index in [2.05, 4.69) is 4.98 Å². The summed E-state index contributed by atoms with van der Waals surface area (Å²) < 4.78 is 0. The zero-order valence-corrected chi connectivity index (χ0v) is 9.98. The second kappa shape index (κ2) is 4.60. The van der Waals surface area contributed by atoms with Crippen LogP contribution in [0.5, 0.6) is 0 Å². The first kappa shape index (κ1) is 11.7. The number of nitro benzene ring substituents is 1. The van der Waals surface area contributed by atoms with Gasteiger partial charge in [0, 0.05) is 17.5 Å². The molecule has 0 aliphatic rings. The Morgan fingerprint density at radius 2 is 2.18 bits per heavy atom. The van der Waals surface area contributed by atoms with Crippen LogP contribution in [0.15, 0.2) is 29.6 Å². The summed E-state index contributed by atoms with van der Waals surface area (Å²) in [5.41, 5.74) is 7.07. The maximum Gasteiger partial charge on any atom is 0.279 e. The summed E-state index contributed by atoms with van der Waals surface area (Å²) in [6, 6.07) is 6.41. The fraction of sp³-hybridized carbons (Fsp3) is 0.182. The van der Waals surface area contributed by atoms with Crippen LogP contribution in [-0.4, -0.2) is 9.91 Å². The van der Waals surface area contributed by atoms with Crippen LogP contribution in [0.2, 0.25) is 0 Å². The van der Waals surface area contributed by atoms with E-state index in [-0.39, 0.29) is 11.7 Å². The summed E-state index contributed by atoms with van der Waals surface area (Å²) in [5.74, 6) is 0. The Labute approximate surface area is 102 Å². The van der Waals surface area contributed by atoms with Crippen LogP contribution in [0.3, 0.4) is 0 Å². The molecule has 5 nitrogen and oxygen atoms in total. The number of nitro groups is 1. The van der Waals surface area contributed by atoms with Gasteiger partial charge in [0.05, 0.1) is 16.2 Å². The molecule has 1 atom stereocenters. The monoisotopic (exact) mass is 249 g/mol. The third-order valence-corrected chi connectivity index (χ3v) is 3.21. The second-order valence-electron chi connectivity index (χ2n) is 3.64. The van der Waals surface area contributed by atoms with Crippen molar-refractivity contribution in [2.45, 2.75) is 13.0 Å². The molecule has 88 valence electrons. The summed E-state index contributed by atoms with van der Waals surface area (Å²) >= 11 is 1.37. The average Bonchev–Trinajstić information content (AvgIpc) is 2.78. The fourth-order valence-electron chi connectivity index (χ4n) is 1.43. The first-order valence-electron chi connectivity index (χ1n) is 5.04. The molecule has 2 rings (SSSR count). The van der Waals surface area contributed by atoms with Crippen LogP contribution in [-0.2, 0) is 0 Å². The molecule has 0 saturated heterocycles. The van der Waals surface area contributed by atoms with Crippen molar-refractivity contribution in [1.29, 1.82) is 0 Å². The maximum atomic E-state index is 10.9. The van der Waals surface area contributed by atoms with Crippen LogP contribution < -0.4 is 5.73 Å². The van der Waals surface area contributed by atoms with E-state index in [1.165, 1.54) is 17.4 Å². The van der Waals surface area contributed by atoms with E-state index >= 15 is 0 Å². The number of nitrogens with two attached hydrogens (primary N) is 1. The van der Waals surface area contributed by atoms with Gasteiger partial charge < -0.3 is 5.73 Å². The average molecular weight is 249 g/mol. The van der Waals surface area contributed by atoms with E-state index in [0.717, 1.165) is 5.69 Å². The minimum Gasteiger partial charge on any atom is -0.323 e. The fourth-order valence-corrected chi connectivity index (χ4v) is 2.39. The van der Waals surface area contributed by atoms with Crippen molar-refractivity contribution in [3.05, 3.63) is 45.5 Å². The molecule has 1 aromatic carbocycles. The topological polar surface area (TPSA) is 82.0 Å². The number of thiazole rings is 1. The standard InChI is InChI=1S/C11H11N3O2S/c1-7(12)9-6-17-11(13-9)8-4-2-3-5-10(8)14(15)16/h2-7H,12H2,1H3. The van der Waals surface area contributed by atoms with Gasteiger partial charge in [-0.3, -0.25) is 10.1 Å². The molecule has 0 bridgehead atoms. The number of hydrogen-bond donors (Lipinski definition) is 1. The quantitative estimate of drug-likeness (QED) is 0.669. The van der Waals surface area contributed by atoms with Gasteiger partial charge in [0.1, 0.15) is 5.01 Å². The molecule has 0 aliphatic heterocycles. The molecule has 1 aromatic heterocycles. The Bertz CT molecular complexity index is 551. The zero-order valence-electron chi connectivity index (χ0n) is 9.16. The minimum absolute atomic E-state index is 0.0677. The van der Waals surface area contributed by atoms with Crippen LogP contribution in [0.1, 0.15) is 18.7 Å². The molecule has 1 heterocycles. The van der Waals surface area contributed by atoms with Crippen molar-refractivity contribution in [3.63, 3.8) is 0 Å². The molecule has 2 N–H and O–H groups in total. The molecule has 0 spiro atoms. The van der Waals surface area contributed by atoms with Gasteiger partial charge in [-0.1, -0.05) is 12.1 Å². The van der Waals surface area contributed by atoms with Crippen molar-refractivity contribution in [3.8, 4) is 10.6 Å². The van der Waals surface area contributed by atoms with Crippen molar-refractivity contribution in [2.24, 2.45) is 5.73 Å². The van der Waals surface area contributed by atoms with Gasteiger partial charge >= 0.3 is 0 Å². The van der Waals surface area contributed by atoms with Gasteiger partial charge in [-0.05, 0) is 13.0 Å². The zero-order chi connectivity index (χ0) is 12.4. The summed E-state index contributed by atoms with van der Waals surface area (Å²) in [5, 5.41) is 13.4. The number of para-hydroxylation sites is 1. The van der Waals surface area contributed by atoms with E-state index in [1.807, 2.05) is 12.3 Å². The lowest BCUT2D eigenvalue weighted by molar-refractivity contribution is -0.384. The first-order valence-corrected chi connectivity index (χ1v) is 5.92. The van der Waals surface area contributed by atoms with Gasteiger partial charge in [-0.15, -0.1) is 11.3 Å². The van der Waals surface area contributed by atoms with Gasteiger partial charge in [0.15, 0.2) is 0 Å². The Kier molecular flexibility index (Phi) is 3.16. The summed E-state index contributed by atoms with van der Waals surface area (Å²) in [7, 11) is 0. The lowest BCUT2D eigenvalue weighted by Crippen LogP contribution is -2.04. The molecule has 0 amide bonds. The highest BCUT2D eigenvalue weighted by molar-refractivity contribution is 7.13. The van der Waals surface area contributed by atoms with Crippen LogP contribution >= 0.6 is 11.3 Å². The van der Waals surface area contributed by atoms with Gasteiger partial charge in [-0.25, -0.2) is 4.98 Å². The van der Waals surface area contributed by atoms with Crippen LogP contribution in [0, 0.1) is 10.1 Å². The summed E-state index contributed by atoms with van der Waals surface area (Å²) in [6.45, 7) is 1.83. The van der Waals surface area contributed by atoms with E-state index in [1.54, 1.807) is 18.2 Å². The summed E-state index contributed by atoms with van der Waals surface area (Å²) in [6.07, 6.45) is 0. The number of benzene rings is 1. The number of aromatic nitrogens is 1. The Morgan fingerprint density at radius 1 is 1.47 bits per heavy atom. The van der Waals surface area contributed by atoms with E-state index < -0.39 is 4.92 Å². The molecular formula is C11H11N3O2S. The predicted octanol–water partition coefficient (Wildman–Crippen LogP) is 2.74. The van der Waals surface area contributed by atoms with Crippen LogP contribution in [0.25, 0.3) is 10.6 Å². The third kappa shape index (κ3) is 2.32. The number of nitrogens with zero attached hydrogens (tertiary/aromatic N) is 2. The molecule has 0 aliphatic carbocycles. The second-order valence-corrected chi connectivity index (χ2v) is 4.50. The lowest BCUT2D eigenvalue weighted by atomic mass is 10.2. The normalized spacial score (nSPS) is 12.4. The van der Waals surface area contributed by atoms with Gasteiger partial charge in [-0.2, -0.15) is 0 Å². The number of hydrogen-bond acceptors (Lipinski definition) is 5. The molecule has 1 unspecified atom stereocenters. The molecule has 0 radical (unpaired) electrons. The van der Waals surface area contributed by atoms with Gasteiger partial charge in [0.2, 0.25) is 0 Å². The van der Waals surface area contributed by atoms with E-state index in [4.69, 9.17) is 5.73 Å². The van der Waals surface area contributed by atoms with Crippen LogP contribution in [0.4, 0.5) is 5.69 Å². The molecular weight excluding hydrogens is 238 g/mol. The Balaban J connectivity index is 2.49. The smallest absolute Gasteiger partial charge is 0.279 e. The van der Waals surface area contributed by atoms with Crippen molar-refractivity contribution in [2.75, 3.05) is 0 Å². The van der Waals surface area contributed by atoms with Crippen molar-refractivity contribution < 1.29 is 4.92 Å². The molecule has 0 fully saturated rings. The van der Waals surface area contributed by atoms with Crippen molar-refractivity contribution in [1.82, 2.24) is 4.98 Å². The highest BCUT2D eigenvalue weighted by Gasteiger charge is 2.17. The minimum atomic E-state index is -0.401. The third-order valence-electron chi connectivity index (χ3n) is 2.32. The molecule has 17 heavy (non-hydrogen) atoms. The van der Waals surface area contributed by atoms with E-state index in [0.29, 0.717) is 10.6 Å². The Hall–Kier alpha value is -1.79. The highest BCUT2D eigenvalue weighted by atomic mass is 32.1. The van der Waals surface area contributed by atoms with Gasteiger partial charge in [0.25, 0.3) is 5.69 Å². The molecule has 0 saturated carbocycles. The Morgan fingerprint density at radius 3 is 2.76 bits per heavy atom.